The molecule has 0 N–H and O–H groups in total. The van der Waals surface area contributed by atoms with Gasteiger partial charge in [-0.1, -0.05) is 0 Å². The number of nitrogens with zero attached hydrogens (tertiary/aromatic N) is 1. The van der Waals surface area contributed by atoms with Crippen LogP contribution < -0.4 is 0 Å². The Balaban J connectivity index is 2.83. The van der Waals surface area contributed by atoms with Crippen LogP contribution in [0.2, 0.25) is 0 Å². The molecular weight excluding hydrogens is 67.0 g/mol. The fraction of sp³-hybridized carbons (Fsp3) is 0.667. The Hall–Kier alpha value is -0.530. The standard InChI is InChI=1S/C3H7NO/c1-4(2)3-5/h3H,1-2H3/i3+1. The highest BCUT2D eigenvalue weighted by Gasteiger charge is 1.68. The monoisotopic (exact) mass is 74.1 g/mol. The van der Waals surface area contributed by atoms with Crippen molar-refractivity contribution >= 4 is 6.41 Å². The maximum atomic E-state index is 9.43. The molecule has 0 heterocycles. The summed E-state index contributed by atoms with van der Waals surface area (Å²) < 4.78 is 0. The Morgan fingerprint density at radius 3 is 1.80 bits per heavy atom. The molecule has 2 nitrogen and oxygen atoms in total. The van der Waals surface area contributed by atoms with Crippen LogP contribution in [0.4, 0.5) is 0 Å². The van der Waals surface area contributed by atoms with Gasteiger partial charge in [-0.2, -0.15) is 0 Å². The molecule has 0 saturated carbocycles. The third-order valence-electron chi connectivity index (χ3n) is 0.211. The van der Waals surface area contributed by atoms with Gasteiger partial charge in [0, 0.05) is 14.1 Å². The minimum atomic E-state index is 0.750. The van der Waals surface area contributed by atoms with Gasteiger partial charge in [-0.05, 0) is 0 Å². The van der Waals surface area contributed by atoms with E-state index < -0.39 is 0 Å². The van der Waals surface area contributed by atoms with Crippen LogP contribution in [-0.4, -0.2) is 25.4 Å². The maximum absolute atomic E-state index is 9.43. The predicted octanol–water partition coefficient (Wildman–Crippen LogP) is -0.296. The molecule has 0 fully saturated rings. The lowest BCUT2D eigenvalue weighted by molar-refractivity contribution is -0.115. The molecule has 0 aromatic rings. The predicted molar refractivity (Wildman–Crippen MR) is 19.8 cm³/mol. The highest BCUT2D eigenvalue weighted by atomic mass is 16.2. The number of hydrogen-bond donors (Lipinski definition) is 0. The van der Waals surface area contributed by atoms with E-state index in [9.17, 15) is 4.79 Å². The van der Waals surface area contributed by atoms with E-state index in [1.165, 1.54) is 4.90 Å². The highest BCUT2D eigenvalue weighted by molar-refractivity contribution is 5.45. The second kappa shape index (κ2) is 1.76. The number of rotatable bonds is 1. The molecule has 5 heavy (non-hydrogen) atoms. The summed E-state index contributed by atoms with van der Waals surface area (Å²) >= 11 is 0. The Morgan fingerprint density at radius 1 is 1.60 bits per heavy atom. The lowest BCUT2D eigenvalue weighted by Gasteiger charge is -1.93. The van der Waals surface area contributed by atoms with E-state index in [0.29, 0.717) is 0 Å². The molecule has 0 radical (unpaired) electrons. The molecule has 0 aliphatic heterocycles. The molecule has 0 aromatic heterocycles. The Kier molecular flexibility index (Phi) is 1.57. The molecule has 0 aliphatic rings. The Bertz CT molecular complexity index is 33.9. The second-order valence-electron chi connectivity index (χ2n) is 1.07. The normalized spacial score (nSPS) is 6.80. The smallest absolute Gasteiger partial charge is 0.209 e. The highest BCUT2D eigenvalue weighted by Crippen LogP contribution is 1.52. The van der Waals surface area contributed by atoms with Crippen molar-refractivity contribution in [2.24, 2.45) is 0 Å². The summed E-state index contributed by atoms with van der Waals surface area (Å²) in [6.07, 6.45) is 0.750. The summed E-state index contributed by atoms with van der Waals surface area (Å²) in [6.45, 7) is 0. The third-order valence-corrected chi connectivity index (χ3v) is 0.211. The van der Waals surface area contributed by atoms with Crippen molar-refractivity contribution in [3.63, 3.8) is 0 Å². The van der Waals surface area contributed by atoms with E-state index in [-0.39, 0.29) is 0 Å². The summed E-state index contributed by atoms with van der Waals surface area (Å²) in [5.74, 6) is 0. The van der Waals surface area contributed by atoms with Gasteiger partial charge in [0.25, 0.3) is 0 Å². The molecule has 1 amide bonds. The first-order valence-corrected chi connectivity index (χ1v) is 1.39. The number of carbonyl (C=O) groups excluding carboxylic acids is 1. The van der Waals surface area contributed by atoms with Crippen molar-refractivity contribution in [3.8, 4) is 0 Å². The van der Waals surface area contributed by atoms with Gasteiger partial charge in [-0.25, -0.2) is 0 Å². The summed E-state index contributed by atoms with van der Waals surface area (Å²) in [5, 5.41) is 0. The van der Waals surface area contributed by atoms with Crippen LogP contribution in [0.15, 0.2) is 0 Å². The van der Waals surface area contributed by atoms with Crippen molar-refractivity contribution in [2.75, 3.05) is 14.1 Å². The SMILES string of the molecule is CN(C)[13CH]=O. The van der Waals surface area contributed by atoms with Gasteiger partial charge in [-0.15, -0.1) is 0 Å². The molecule has 0 aromatic carbocycles. The maximum Gasteiger partial charge on any atom is 0.209 e. The first-order valence-electron chi connectivity index (χ1n) is 1.39. The van der Waals surface area contributed by atoms with E-state index in [0.717, 1.165) is 6.41 Å². The molecule has 2 heteroatoms. The summed E-state index contributed by atoms with van der Waals surface area (Å²) in [4.78, 5) is 10.9. The fourth-order valence-corrected chi connectivity index (χ4v) is 0. The van der Waals surface area contributed by atoms with Gasteiger partial charge < -0.3 is 4.90 Å². The Morgan fingerprint density at radius 2 is 1.80 bits per heavy atom. The van der Waals surface area contributed by atoms with Crippen molar-refractivity contribution in [1.29, 1.82) is 0 Å². The summed E-state index contributed by atoms with van der Waals surface area (Å²) in [6, 6.07) is 0. The van der Waals surface area contributed by atoms with Crippen molar-refractivity contribution < 1.29 is 4.79 Å². The number of hydrogen-bond acceptors (Lipinski definition) is 1. The molecule has 0 atom stereocenters. The molecule has 0 unspecified atom stereocenters. The number of carbonyl (C=O) groups is 1. The second-order valence-corrected chi connectivity index (χ2v) is 1.07. The van der Waals surface area contributed by atoms with Gasteiger partial charge in [0.15, 0.2) is 0 Å². The van der Waals surface area contributed by atoms with Crippen LogP contribution in [0.3, 0.4) is 0 Å². The van der Waals surface area contributed by atoms with Crippen LogP contribution in [-0.2, 0) is 4.79 Å². The van der Waals surface area contributed by atoms with Crippen LogP contribution >= 0.6 is 0 Å². The van der Waals surface area contributed by atoms with Crippen LogP contribution in [0.25, 0.3) is 0 Å². The fourth-order valence-electron chi connectivity index (χ4n) is 0. The Labute approximate surface area is 31.4 Å². The average Bonchev–Trinajstić information content (AvgIpc) is 1.38. The van der Waals surface area contributed by atoms with Gasteiger partial charge in [0.2, 0.25) is 6.41 Å². The van der Waals surface area contributed by atoms with Gasteiger partial charge in [-0.3, -0.25) is 4.79 Å². The lowest BCUT2D eigenvalue weighted by Crippen LogP contribution is -2.06. The zero-order chi connectivity index (χ0) is 4.28. The zero-order valence-electron chi connectivity index (χ0n) is 3.43. The molecule has 0 saturated heterocycles. The van der Waals surface area contributed by atoms with E-state index in [2.05, 4.69) is 0 Å². The van der Waals surface area contributed by atoms with E-state index in [4.69, 9.17) is 0 Å². The van der Waals surface area contributed by atoms with Crippen molar-refractivity contribution in [3.05, 3.63) is 0 Å². The molecule has 0 bridgehead atoms. The van der Waals surface area contributed by atoms with Crippen LogP contribution in [0.5, 0.6) is 0 Å². The van der Waals surface area contributed by atoms with Crippen LogP contribution in [0.1, 0.15) is 0 Å². The van der Waals surface area contributed by atoms with Gasteiger partial charge >= 0.3 is 0 Å². The minimum absolute atomic E-state index is 0.750. The molecule has 30 valence electrons. The quantitative estimate of drug-likeness (QED) is 0.309. The summed E-state index contributed by atoms with van der Waals surface area (Å²) in [7, 11) is 3.38. The first-order chi connectivity index (χ1) is 2.27. The van der Waals surface area contributed by atoms with Crippen molar-refractivity contribution in [2.45, 2.75) is 0 Å². The largest absolute Gasteiger partial charge is 0.351 e. The molecule has 0 aliphatic carbocycles. The topological polar surface area (TPSA) is 20.3 Å². The number of amides is 1. The molecule has 0 rings (SSSR count). The van der Waals surface area contributed by atoms with E-state index >= 15 is 0 Å². The van der Waals surface area contributed by atoms with Gasteiger partial charge in [0.1, 0.15) is 0 Å². The van der Waals surface area contributed by atoms with E-state index in [1.54, 1.807) is 14.1 Å². The average molecular weight is 74.1 g/mol. The van der Waals surface area contributed by atoms with Gasteiger partial charge in [0.05, 0.1) is 0 Å². The van der Waals surface area contributed by atoms with Crippen LogP contribution in [0, 0.1) is 0 Å². The lowest BCUT2D eigenvalue weighted by atomic mass is 11.1. The third kappa shape index (κ3) is 3.47. The first kappa shape index (κ1) is 4.47. The van der Waals surface area contributed by atoms with Crippen molar-refractivity contribution in [1.82, 2.24) is 4.90 Å². The zero-order valence-corrected chi connectivity index (χ0v) is 3.43. The summed E-state index contributed by atoms with van der Waals surface area (Å²) in [5.41, 5.74) is 0. The minimum Gasteiger partial charge on any atom is -0.351 e. The van der Waals surface area contributed by atoms with E-state index in [1.807, 2.05) is 0 Å². The molecule has 0 spiro atoms. The molecular formula is C3H7NO.